The first-order valence-electron chi connectivity index (χ1n) is 8.80. The summed E-state index contributed by atoms with van der Waals surface area (Å²) in [6, 6.07) is 9.99. The zero-order valence-electron chi connectivity index (χ0n) is 14.9. The smallest absolute Gasteiger partial charge is 0.289 e. The summed E-state index contributed by atoms with van der Waals surface area (Å²) >= 11 is 0. The third-order valence-electron chi connectivity index (χ3n) is 4.71. The number of nitrogens with one attached hydrogen (secondary N) is 1. The molecule has 0 spiro atoms. The molecule has 1 aliphatic rings. The van der Waals surface area contributed by atoms with Crippen LogP contribution in [0.5, 0.6) is 5.75 Å². The third-order valence-corrected chi connectivity index (χ3v) is 4.71. The van der Waals surface area contributed by atoms with Crippen LogP contribution in [0.4, 0.5) is 0 Å². The van der Waals surface area contributed by atoms with Crippen molar-refractivity contribution in [3.63, 3.8) is 0 Å². The van der Waals surface area contributed by atoms with E-state index in [2.05, 4.69) is 26.6 Å². The minimum Gasteiger partial charge on any atom is -0.493 e. The molecule has 0 aliphatic carbocycles. The Balaban J connectivity index is 1.48. The van der Waals surface area contributed by atoms with E-state index >= 15 is 0 Å². The van der Waals surface area contributed by atoms with Gasteiger partial charge in [0, 0.05) is 17.9 Å². The quantitative estimate of drug-likeness (QED) is 0.782. The lowest BCUT2D eigenvalue weighted by molar-refractivity contribution is 0.0933. The maximum Gasteiger partial charge on any atom is 0.289 e. The van der Waals surface area contributed by atoms with Crippen molar-refractivity contribution in [2.45, 2.75) is 26.7 Å². The topological polar surface area (TPSA) is 81.4 Å². The number of carbonyl (C=O) groups is 1. The first kappa shape index (κ1) is 16.5. The zero-order chi connectivity index (χ0) is 18.1. The molecule has 4 rings (SSSR count). The Kier molecular flexibility index (Phi) is 4.28. The summed E-state index contributed by atoms with van der Waals surface area (Å²) in [5, 5.41) is 11.1. The molecule has 0 saturated carbocycles. The first-order chi connectivity index (χ1) is 12.6. The van der Waals surface area contributed by atoms with E-state index in [4.69, 9.17) is 4.74 Å². The summed E-state index contributed by atoms with van der Waals surface area (Å²) in [5.41, 5.74) is 2.93. The van der Waals surface area contributed by atoms with Crippen LogP contribution >= 0.6 is 0 Å². The molecular weight excluding hydrogens is 330 g/mol. The monoisotopic (exact) mass is 351 g/mol. The van der Waals surface area contributed by atoms with Crippen molar-refractivity contribution in [1.82, 2.24) is 24.9 Å². The van der Waals surface area contributed by atoms with E-state index in [0.717, 1.165) is 30.0 Å². The van der Waals surface area contributed by atoms with Gasteiger partial charge in [-0.3, -0.25) is 9.20 Å². The zero-order valence-corrected chi connectivity index (χ0v) is 14.9. The molecule has 1 aliphatic heterocycles. The largest absolute Gasteiger partial charge is 0.493 e. The Hall–Kier alpha value is -2.96. The molecule has 1 N–H and O–H groups in total. The summed E-state index contributed by atoms with van der Waals surface area (Å²) in [4.78, 5) is 17.0. The van der Waals surface area contributed by atoms with E-state index in [1.807, 2.05) is 38.1 Å². The molecule has 1 atom stereocenters. The van der Waals surface area contributed by atoms with Gasteiger partial charge in [-0.25, -0.2) is 4.98 Å². The highest BCUT2D eigenvalue weighted by Crippen LogP contribution is 2.26. The van der Waals surface area contributed by atoms with E-state index in [0.29, 0.717) is 24.8 Å². The number of fused-ring (bicyclic) bond motifs is 2. The molecule has 0 fully saturated rings. The molecule has 2 aromatic heterocycles. The maximum atomic E-state index is 12.6. The number of benzene rings is 1. The van der Waals surface area contributed by atoms with Crippen molar-refractivity contribution in [2.75, 3.05) is 13.2 Å². The second-order valence-corrected chi connectivity index (χ2v) is 6.72. The summed E-state index contributed by atoms with van der Waals surface area (Å²) in [5.74, 6) is 1.76. The van der Waals surface area contributed by atoms with Crippen LogP contribution in [0, 0.1) is 19.8 Å². The Bertz CT molecular complexity index is 966. The Morgan fingerprint density at radius 3 is 3.04 bits per heavy atom. The third kappa shape index (κ3) is 3.12. The van der Waals surface area contributed by atoms with E-state index < -0.39 is 0 Å². The highest BCUT2D eigenvalue weighted by molar-refractivity contribution is 5.91. The highest BCUT2D eigenvalue weighted by atomic mass is 16.5. The number of amides is 1. The Morgan fingerprint density at radius 1 is 1.31 bits per heavy atom. The van der Waals surface area contributed by atoms with Gasteiger partial charge < -0.3 is 10.1 Å². The highest BCUT2D eigenvalue weighted by Gasteiger charge is 2.21. The predicted molar refractivity (Wildman–Crippen MR) is 96.3 cm³/mol. The van der Waals surface area contributed by atoms with Crippen molar-refractivity contribution in [1.29, 1.82) is 0 Å². The summed E-state index contributed by atoms with van der Waals surface area (Å²) in [6.07, 6.45) is 1.78. The normalized spacial score (nSPS) is 16.6. The molecule has 0 saturated heterocycles. The fraction of sp³-hybridized carbons (Fsp3) is 0.368. The number of rotatable bonds is 3. The molecule has 134 valence electrons. The SMILES string of the molecule is Cc1cc(C)n2c(C(=O)NC[C@@H]3CCOc4ccccc4C3)nnc2n1. The van der Waals surface area contributed by atoms with Crippen LogP contribution in [0.15, 0.2) is 30.3 Å². The van der Waals surface area contributed by atoms with E-state index in [1.165, 1.54) is 5.56 Å². The van der Waals surface area contributed by atoms with Crippen molar-refractivity contribution in [2.24, 2.45) is 5.92 Å². The molecule has 7 heteroatoms. The van der Waals surface area contributed by atoms with E-state index in [1.54, 1.807) is 4.40 Å². The van der Waals surface area contributed by atoms with Gasteiger partial charge in [0.15, 0.2) is 0 Å². The van der Waals surface area contributed by atoms with Gasteiger partial charge in [0.2, 0.25) is 5.82 Å². The minimum absolute atomic E-state index is 0.232. The predicted octanol–water partition coefficient (Wildman–Crippen LogP) is 2.11. The summed E-state index contributed by atoms with van der Waals surface area (Å²) in [7, 11) is 0. The van der Waals surface area contributed by atoms with Crippen molar-refractivity contribution < 1.29 is 9.53 Å². The van der Waals surface area contributed by atoms with Gasteiger partial charge in [-0.2, -0.15) is 0 Å². The fourth-order valence-corrected chi connectivity index (χ4v) is 3.43. The van der Waals surface area contributed by atoms with Crippen LogP contribution in [-0.2, 0) is 6.42 Å². The van der Waals surface area contributed by atoms with Crippen LogP contribution in [0.2, 0.25) is 0 Å². The van der Waals surface area contributed by atoms with E-state index in [9.17, 15) is 4.79 Å². The molecule has 3 aromatic rings. The average Bonchev–Trinajstić information content (AvgIpc) is 2.93. The number of para-hydroxylation sites is 1. The summed E-state index contributed by atoms with van der Waals surface area (Å²) < 4.78 is 7.48. The number of aryl methyl sites for hydroxylation is 2. The number of carbonyl (C=O) groups excluding carboxylic acids is 1. The molecule has 0 bridgehead atoms. The van der Waals surface area contributed by atoms with Gasteiger partial charge in [-0.15, -0.1) is 10.2 Å². The van der Waals surface area contributed by atoms with Gasteiger partial charge >= 0.3 is 0 Å². The van der Waals surface area contributed by atoms with Gasteiger partial charge in [0.1, 0.15) is 5.75 Å². The Labute approximate surface area is 151 Å². The first-order valence-corrected chi connectivity index (χ1v) is 8.80. The van der Waals surface area contributed by atoms with Crippen molar-refractivity contribution in [3.8, 4) is 5.75 Å². The second-order valence-electron chi connectivity index (χ2n) is 6.72. The maximum absolute atomic E-state index is 12.6. The molecule has 0 unspecified atom stereocenters. The van der Waals surface area contributed by atoms with Crippen LogP contribution in [-0.4, -0.2) is 38.6 Å². The number of hydrogen-bond acceptors (Lipinski definition) is 5. The van der Waals surface area contributed by atoms with Crippen molar-refractivity contribution in [3.05, 3.63) is 53.1 Å². The van der Waals surface area contributed by atoms with Crippen LogP contribution in [0.25, 0.3) is 5.78 Å². The fourth-order valence-electron chi connectivity index (χ4n) is 3.43. The lowest BCUT2D eigenvalue weighted by Crippen LogP contribution is -2.32. The van der Waals surface area contributed by atoms with Gasteiger partial charge in [0.25, 0.3) is 11.7 Å². The van der Waals surface area contributed by atoms with Crippen LogP contribution < -0.4 is 10.1 Å². The van der Waals surface area contributed by atoms with Gasteiger partial charge in [-0.05, 0) is 50.3 Å². The number of nitrogens with zero attached hydrogens (tertiary/aromatic N) is 4. The molecule has 26 heavy (non-hydrogen) atoms. The molecule has 1 aromatic carbocycles. The minimum atomic E-state index is -0.232. The van der Waals surface area contributed by atoms with E-state index in [-0.39, 0.29) is 11.7 Å². The van der Waals surface area contributed by atoms with Crippen LogP contribution in [0.3, 0.4) is 0 Å². The Morgan fingerprint density at radius 2 is 2.15 bits per heavy atom. The molecule has 7 nitrogen and oxygen atoms in total. The lowest BCUT2D eigenvalue weighted by Gasteiger charge is -2.14. The van der Waals surface area contributed by atoms with Gasteiger partial charge in [0.05, 0.1) is 6.61 Å². The van der Waals surface area contributed by atoms with Crippen LogP contribution in [0.1, 0.15) is 34.0 Å². The average molecular weight is 351 g/mol. The lowest BCUT2D eigenvalue weighted by atomic mass is 9.97. The number of hydrogen-bond donors (Lipinski definition) is 1. The standard InChI is InChI=1S/C19H21N5O2/c1-12-9-13(2)24-17(22-23-19(24)21-12)18(25)20-11-14-7-8-26-16-6-4-3-5-15(16)10-14/h3-6,9,14H,7-8,10-11H2,1-2H3,(H,20,25)/t14-/m1/s1. The summed E-state index contributed by atoms with van der Waals surface area (Å²) in [6.45, 7) is 5.05. The molecular formula is C19H21N5O2. The molecule has 3 heterocycles. The molecule has 1 amide bonds. The number of ether oxygens (including phenoxy) is 1. The molecule has 0 radical (unpaired) electrons. The van der Waals surface area contributed by atoms with Crippen molar-refractivity contribution >= 4 is 11.7 Å². The van der Waals surface area contributed by atoms with Gasteiger partial charge in [-0.1, -0.05) is 18.2 Å². The second kappa shape index (κ2) is 6.74. The number of aromatic nitrogens is 4.